The number of phenolic OH excluding ortho intramolecular Hbond substituents is 1. The Hall–Kier alpha value is -1.75. The molecule has 2 rings (SSSR count). The van der Waals surface area contributed by atoms with Crippen LogP contribution in [-0.4, -0.2) is 48.7 Å². The minimum Gasteiger partial charge on any atom is -0.507 e. The van der Waals surface area contributed by atoms with Gasteiger partial charge in [-0.2, -0.15) is 0 Å². The number of ether oxygens (including phenoxy) is 1. The molecule has 0 saturated carbocycles. The Balaban J connectivity index is 2.02. The molecule has 0 bridgehead atoms. The summed E-state index contributed by atoms with van der Waals surface area (Å²) in [5, 5.41) is 12.7. The molecule has 20 heavy (non-hydrogen) atoms. The third-order valence-corrected chi connectivity index (χ3v) is 3.85. The quantitative estimate of drug-likeness (QED) is 0.859. The van der Waals surface area contributed by atoms with E-state index in [0.29, 0.717) is 18.3 Å². The first-order chi connectivity index (χ1) is 9.67. The van der Waals surface area contributed by atoms with Crippen molar-refractivity contribution in [3.8, 4) is 11.5 Å². The predicted octanol–water partition coefficient (Wildman–Crippen LogP) is 1.61. The van der Waals surface area contributed by atoms with Crippen molar-refractivity contribution in [2.75, 3.05) is 26.7 Å². The summed E-state index contributed by atoms with van der Waals surface area (Å²) in [5.41, 5.74) is 0.205. The SMILES string of the molecule is CCN1CCCC1CNC(=O)c1c(O)cccc1OC. The summed E-state index contributed by atoms with van der Waals surface area (Å²) in [4.78, 5) is 14.6. The molecule has 0 radical (unpaired) electrons. The van der Waals surface area contributed by atoms with Gasteiger partial charge >= 0.3 is 0 Å². The number of hydrogen-bond acceptors (Lipinski definition) is 4. The number of nitrogens with one attached hydrogen (secondary N) is 1. The van der Waals surface area contributed by atoms with E-state index in [2.05, 4.69) is 17.1 Å². The Morgan fingerprint density at radius 2 is 2.35 bits per heavy atom. The second kappa shape index (κ2) is 6.61. The first-order valence-corrected chi connectivity index (χ1v) is 7.05. The number of rotatable bonds is 5. The molecule has 5 heteroatoms. The molecular weight excluding hydrogens is 256 g/mol. The highest BCUT2D eigenvalue weighted by molar-refractivity contribution is 5.99. The van der Waals surface area contributed by atoms with Crippen molar-refractivity contribution in [2.45, 2.75) is 25.8 Å². The van der Waals surface area contributed by atoms with Crippen LogP contribution in [0.4, 0.5) is 0 Å². The predicted molar refractivity (Wildman–Crippen MR) is 77.3 cm³/mol. The molecule has 1 aliphatic rings. The second-order valence-corrected chi connectivity index (χ2v) is 4.99. The topological polar surface area (TPSA) is 61.8 Å². The van der Waals surface area contributed by atoms with Crippen LogP contribution in [0, 0.1) is 0 Å². The Morgan fingerprint density at radius 1 is 1.55 bits per heavy atom. The molecule has 1 atom stereocenters. The van der Waals surface area contributed by atoms with Crippen molar-refractivity contribution in [1.29, 1.82) is 0 Å². The number of carbonyl (C=O) groups excluding carboxylic acids is 1. The molecule has 5 nitrogen and oxygen atoms in total. The zero-order valence-corrected chi connectivity index (χ0v) is 12.1. The van der Waals surface area contributed by atoms with Gasteiger partial charge in [0, 0.05) is 12.6 Å². The van der Waals surface area contributed by atoms with Gasteiger partial charge in [-0.05, 0) is 38.1 Å². The maximum Gasteiger partial charge on any atom is 0.258 e. The maximum atomic E-state index is 12.2. The highest BCUT2D eigenvalue weighted by Crippen LogP contribution is 2.27. The van der Waals surface area contributed by atoms with Gasteiger partial charge in [-0.15, -0.1) is 0 Å². The molecule has 1 saturated heterocycles. The van der Waals surface area contributed by atoms with E-state index >= 15 is 0 Å². The van der Waals surface area contributed by atoms with Gasteiger partial charge in [0.15, 0.2) is 0 Å². The number of likely N-dealkylation sites (N-methyl/N-ethyl adjacent to an activating group) is 1. The van der Waals surface area contributed by atoms with Crippen LogP contribution in [0.5, 0.6) is 11.5 Å². The van der Waals surface area contributed by atoms with E-state index in [4.69, 9.17) is 4.74 Å². The summed E-state index contributed by atoms with van der Waals surface area (Å²) in [5.74, 6) is 0.0461. The number of hydrogen-bond donors (Lipinski definition) is 2. The zero-order valence-electron chi connectivity index (χ0n) is 12.1. The van der Waals surface area contributed by atoms with Gasteiger partial charge in [-0.3, -0.25) is 9.69 Å². The fourth-order valence-electron chi connectivity index (χ4n) is 2.76. The number of phenols is 1. The number of aromatic hydroxyl groups is 1. The number of likely N-dealkylation sites (tertiary alicyclic amines) is 1. The number of carbonyl (C=O) groups is 1. The lowest BCUT2D eigenvalue weighted by Gasteiger charge is -2.23. The van der Waals surface area contributed by atoms with Crippen LogP contribution in [0.1, 0.15) is 30.1 Å². The number of methoxy groups -OCH3 is 1. The Morgan fingerprint density at radius 3 is 3.05 bits per heavy atom. The van der Waals surface area contributed by atoms with Gasteiger partial charge in [0.25, 0.3) is 5.91 Å². The zero-order chi connectivity index (χ0) is 14.5. The van der Waals surface area contributed by atoms with Crippen molar-refractivity contribution < 1.29 is 14.6 Å². The molecule has 0 aromatic heterocycles. The first kappa shape index (κ1) is 14.7. The summed E-state index contributed by atoms with van der Waals surface area (Å²) >= 11 is 0. The fourth-order valence-corrected chi connectivity index (χ4v) is 2.76. The van der Waals surface area contributed by atoms with E-state index < -0.39 is 0 Å². The van der Waals surface area contributed by atoms with Gasteiger partial charge in [-0.1, -0.05) is 13.0 Å². The average Bonchev–Trinajstić information content (AvgIpc) is 2.91. The monoisotopic (exact) mass is 278 g/mol. The van der Waals surface area contributed by atoms with Crippen molar-refractivity contribution in [1.82, 2.24) is 10.2 Å². The second-order valence-electron chi connectivity index (χ2n) is 4.99. The molecule has 1 heterocycles. The van der Waals surface area contributed by atoms with Gasteiger partial charge in [-0.25, -0.2) is 0 Å². The van der Waals surface area contributed by atoms with Crippen LogP contribution >= 0.6 is 0 Å². The summed E-state index contributed by atoms with van der Waals surface area (Å²) in [6.45, 7) is 4.83. The molecule has 1 amide bonds. The van der Waals surface area contributed by atoms with Crippen molar-refractivity contribution in [3.63, 3.8) is 0 Å². The van der Waals surface area contributed by atoms with Crippen LogP contribution in [0.2, 0.25) is 0 Å². The standard InChI is InChI=1S/C15H22N2O3/c1-3-17-9-5-6-11(17)10-16-15(19)14-12(18)7-4-8-13(14)20-2/h4,7-8,11,18H,3,5-6,9-10H2,1-2H3,(H,16,19). The molecule has 1 unspecified atom stereocenters. The van der Waals surface area contributed by atoms with Crippen LogP contribution < -0.4 is 10.1 Å². The van der Waals surface area contributed by atoms with Gasteiger partial charge in [0.05, 0.1) is 7.11 Å². The molecule has 0 aliphatic carbocycles. The van der Waals surface area contributed by atoms with E-state index in [1.165, 1.54) is 19.6 Å². The van der Waals surface area contributed by atoms with Gasteiger partial charge in [0.1, 0.15) is 17.1 Å². The van der Waals surface area contributed by atoms with E-state index in [0.717, 1.165) is 19.5 Å². The molecule has 2 N–H and O–H groups in total. The molecule has 110 valence electrons. The summed E-state index contributed by atoms with van der Waals surface area (Å²) in [6, 6.07) is 5.20. The molecular formula is C15H22N2O3. The Labute approximate surface area is 119 Å². The van der Waals surface area contributed by atoms with E-state index in [-0.39, 0.29) is 17.2 Å². The largest absolute Gasteiger partial charge is 0.507 e. The molecule has 1 aliphatic heterocycles. The molecule has 0 spiro atoms. The maximum absolute atomic E-state index is 12.2. The van der Waals surface area contributed by atoms with Gasteiger partial charge in [0.2, 0.25) is 0 Å². The minimum atomic E-state index is -0.289. The minimum absolute atomic E-state index is 0.0550. The highest BCUT2D eigenvalue weighted by Gasteiger charge is 2.24. The smallest absolute Gasteiger partial charge is 0.258 e. The average molecular weight is 278 g/mol. The van der Waals surface area contributed by atoms with Crippen LogP contribution in [-0.2, 0) is 0 Å². The van der Waals surface area contributed by atoms with Crippen molar-refractivity contribution in [2.24, 2.45) is 0 Å². The summed E-state index contributed by atoms with van der Waals surface area (Å²) in [6.07, 6.45) is 2.28. The molecule has 1 fully saturated rings. The highest BCUT2D eigenvalue weighted by atomic mass is 16.5. The van der Waals surface area contributed by atoms with E-state index in [1.54, 1.807) is 12.1 Å². The van der Waals surface area contributed by atoms with E-state index in [1.807, 2.05) is 0 Å². The first-order valence-electron chi connectivity index (χ1n) is 7.05. The van der Waals surface area contributed by atoms with Gasteiger partial charge < -0.3 is 15.2 Å². The van der Waals surface area contributed by atoms with Crippen LogP contribution in [0.25, 0.3) is 0 Å². The number of benzene rings is 1. The molecule has 1 aromatic carbocycles. The van der Waals surface area contributed by atoms with Crippen LogP contribution in [0.3, 0.4) is 0 Å². The van der Waals surface area contributed by atoms with Crippen molar-refractivity contribution >= 4 is 5.91 Å². The third-order valence-electron chi connectivity index (χ3n) is 3.85. The van der Waals surface area contributed by atoms with Crippen molar-refractivity contribution in [3.05, 3.63) is 23.8 Å². The van der Waals surface area contributed by atoms with Crippen LogP contribution in [0.15, 0.2) is 18.2 Å². The third kappa shape index (κ3) is 3.04. The molecule has 1 aromatic rings. The summed E-state index contributed by atoms with van der Waals surface area (Å²) in [7, 11) is 1.49. The Kier molecular flexibility index (Phi) is 4.84. The normalized spacial score (nSPS) is 19.0. The lowest BCUT2D eigenvalue weighted by molar-refractivity contribution is 0.0935. The number of nitrogens with zero attached hydrogens (tertiary/aromatic N) is 1. The van der Waals surface area contributed by atoms with E-state index in [9.17, 15) is 9.90 Å². The Bertz CT molecular complexity index is 476. The fraction of sp³-hybridized carbons (Fsp3) is 0.533. The number of amides is 1. The lowest BCUT2D eigenvalue weighted by Crippen LogP contribution is -2.40. The summed E-state index contributed by atoms with van der Waals surface area (Å²) < 4.78 is 5.13. The lowest BCUT2D eigenvalue weighted by atomic mass is 10.1.